The van der Waals surface area contributed by atoms with Crippen LogP contribution in [-0.4, -0.2) is 39.3 Å². The minimum atomic E-state index is 0. The maximum Gasteiger partial charge on any atom is 0.150 e. The van der Waals surface area contributed by atoms with Crippen LogP contribution in [0.25, 0.3) is 20.4 Å². The summed E-state index contributed by atoms with van der Waals surface area (Å²) in [5, 5.41) is 9.65. The van der Waals surface area contributed by atoms with Gasteiger partial charge in [-0.25, -0.2) is 9.97 Å². The monoisotopic (exact) mass is 372 g/mol. The topological polar surface area (TPSA) is 80.8 Å². The third kappa shape index (κ3) is 2.82. The molecule has 23 heavy (non-hydrogen) atoms. The van der Waals surface area contributed by atoms with Crippen LogP contribution in [0.3, 0.4) is 0 Å². The smallest absolute Gasteiger partial charge is 0.150 e. The van der Waals surface area contributed by atoms with Crippen molar-refractivity contribution in [1.82, 2.24) is 20.2 Å². The molecule has 1 fully saturated rings. The van der Waals surface area contributed by atoms with Crippen molar-refractivity contribution in [3.8, 4) is 0 Å². The van der Waals surface area contributed by atoms with Gasteiger partial charge in [0, 0.05) is 24.5 Å². The zero-order chi connectivity index (χ0) is 14.6. The van der Waals surface area contributed by atoms with Gasteiger partial charge in [-0.05, 0) is 25.8 Å². The molecule has 1 saturated heterocycles. The SMILES string of the molecule is Cc1nnc2sc3c(N4CC[C@@H](N)C4)ncnc3c2c1C.Cl.Cl. The molecule has 4 heterocycles. The van der Waals surface area contributed by atoms with Crippen LogP contribution in [0.1, 0.15) is 17.7 Å². The van der Waals surface area contributed by atoms with E-state index in [4.69, 9.17) is 5.73 Å². The predicted octanol–water partition coefficient (Wildman–Crippen LogP) is 2.63. The second-order valence-electron chi connectivity index (χ2n) is 5.56. The molecular weight excluding hydrogens is 355 g/mol. The Hall–Kier alpha value is -1.28. The zero-order valence-corrected chi connectivity index (χ0v) is 15.3. The molecule has 9 heteroatoms. The lowest BCUT2D eigenvalue weighted by atomic mass is 10.1. The molecule has 6 nitrogen and oxygen atoms in total. The average Bonchev–Trinajstić information content (AvgIpc) is 3.06. The van der Waals surface area contributed by atoms with Gasteiger partial charge in [-0.15, -0.1) is 41.2 Å². The van der Waals surface area contributed by atoms with Crippen molar-refractivity contribution in [3.63, 3.8) is 0 Å². The molecule has 3 aromatic heterocycles. The number of fused-ring (bicyclic) bond motifs is 3. The second-order valence-corrected chi connectivity index (χ2v) is 6.56. The molecule has 0 unspecified atom stereocenters. The van der Waals surface area contributed by atoms with Gasteiger partial charge in [0.2, 0.25) is 0 Å². The van der Waals surface area contributed by atoms with Crippen LogP contribution in [0, 0.1) is 13.8 Å². The van der Waals surface area contributed by atoms with E-state index in [0.29, 0.717) is 0 Å². The summed E-state index contributed by atoms with van der Waals surface area (Å²) in [6.45, 7) is 5.86. The van der Waals surface area contributed by atoms with E-state index in [1.807, 2.05) is 6.92 Å². The highest BCUT2D eigenvalue weighted by Crippen LogP contribution is 2.38. The molecule has 0 spiro atoms. The van der Waals surface area contributed by atoms with Gasteiger partial charge in [0.25, 0.3) is 0 Å². The van der Waals surface area contributed by atoms with E-state index in [-0.39, 0.29) is 30.9 Å². The highest BCUT2D eigenvalue weighted by atomic mass is 35.5. The van der Waals surface area contributed by atoms with Crippen LogP contribution in [0.2, 0.25) is 0 Å². The van der Waals surface area contributed by atoms with Crippen molar-refractivity contribution in [2.75, 3.05) is 18.0 Å². The van der Waals surface area contributed by atoms with Gasteiger partial charge in [0.05, 0.1) is 15.9 Å². The zero-order valence-electron chi connectivity index (χ0n) is 12.8. The first-order valence-corrected chi connectivity index (χ1v) is 7.84. The number of halogens is 2. The van der Waals surface area contributed by atoms with Crippen molar-refractivity contribution >= 4 is 62.4 Å². The van der Waals surface area contributed by atoms with Gasteiger partial charge in [0.1, 0.15) is 17.0 Å². The van der Waals surface area contributed by atoms with Crippen LogP contribution < -0.4 is 10.6 Å². The van der Waals surface area contributed by atoms with Crippen molar-refractivity contribution in [1.29, 1.82) is 0 Å². The summed E-state index contributed by atoms with van der Waals surface area (Å²) >= 11 is 1.62. The van der Waals surface area contributed by atoms with Crippen LogP contribution >= 0.6 is 36.2 Å². The molecule has 1 aliphatic rings. The van der Waals surface area contributed by atoms with E-state index in [9.17, 15) is 0 Å². The van der Waals surface area contributed by atoms with E-state index < -0.39 is 0 Å². The van der Waals surface area contributed by atoms with Gasteiger partial charge >= 0.3 is 0 Å². The number of aryl methyl sites for hydroxylation is 2. The van der Waals surface area contributed by atoms with Crippen LogP contribution in [0.4, 0.5) is 5.82 Å². The lowest BCUT2D eigenvalue weighted by Crippen LogP contribution is -2.26. The normalized spacial score (nSPS) is 17.3. The fourth-order valence-electron chi connectivity index (χ4n) is 2.88. The van der Waals surface area contributed by atoms with Crippen LogP contribution in [-0.2, 0) is 0 Å². The highest BCUT2D eigenvalue weighted by molar-refractivity contribution is 7.26. The Morgan fingerprint density at radius 2 is 2.00 bits per heavy atom. The summed E-state index contributed by atoms with van der Waals surface area (Å²) in [6, 6.07) is 0.230. The standard InChI is InChI=1S/C14H16N6S.2ClH/c1-7-8(2)18-19-14-10(7)11-12(21-14)13(17-6-16-11)20-4-3-9(15)5-20;;/h6,9H,3-5,15H2,1-2H3;2*1H/t9-;;/m1../s1. The maximum absolute atomic E-state index is 6.02. The first kappa shape index (κ1) is 18.1. The quantitative estimate of drug-likeness (QED) is 0.706. The molecule has 124 valence electrons. The summed E-state index contributed by atoms with van der Waals surface area (Å²) in [7, 11) is 0. The van der Waals surface area contributed by atoms with Gasteiger partial charge in [0.15, 0.2) is 0 Å². The highest BCUT2D eigenvalue weighted by Gasteiger charge is 2.24. The Morgan fingerprint density at radius 3 is 2.70 bits per heavy atom. The largest absolute Gasteiger partial charge is 0.354 e. The summed E-state index contributed by atoms with van der Waals surface area (Å²) in [6.07, 6.45) is 2.65. The lowest BCUT2D eigenvalue weighted by Gasteiger charge is -2.16. The first-order chi connectivity index (χ1) is 10.1. The van der Waals surface area contributed by atoms with E-state index in [1.165, 1.54) is 0 Å². The molecular formula is C14H18Cl2N6S. The van der Waals surface area contributed by atoms with Crippen molar-refractivity contribution < 1.29 is 0 Å². The summed E-state index contributed by atoms with van der Waals surface area (Å²) in [5.74, 6) is 0.980. The Labute approximate surface area is 150 Å². The fraction of sp³-hybridized carbons (Fsp3) is 0.429. The fourth-order valence-corrected chi connectivity index (χ4v) is 4.03. The van der Waals surface area contributed by atoms with E-state index in [2.05, 4.69) is 32.0 Å². The van der Waals surface area contributed by atoms with Gasteiger partial charge in [-0.3, -0.25) is 0 Å². The number of hydrogen-bond acceptors (Lipinski definition) is 7. The molecule has 0 radical (unpaired) electrons. The predicted molar refractivity (Wildman–Crippen MR) is 99.3 cm³/mol. The summed E-state index contributed by atoms with van der Waals surface area (Å²) in [4.78, 5) is 12.2. The van der Waals surface area contributed by atoms with Crippen molar-refractivity contribution in [2.24, 2.45) is 5.73 Å². The lowest BCUT2D eigenvalue weighted by molar-refractivity contribution is 0.751. The Balaban J connectivity index is 0.000000960. The number of anilines is 1. The Morgan fingerprint density at radius 1 is 1.22 bits per heavy atom. The van der Waals surface area contributed by atoms with Crippen LogP contribution in [0.15, 0.2) is 6.33 Å². The number of nitrogens with zero attached hydrogens (tertiary/aromatic N) is 5. The minimum absolute atomic E-state index is 0. The van der Waals surface area contributed by atoms with Gasteiger partial charge in [-0.2, -0.15) is 5.10 Å². The number of aromatic nitrogens is 4. The Bertz CT molecular complexity index is 852. The molecule has 0 bridgehead atoms. The number of thiophene rings is 1. The molecule has 0 aromatic carbocycles. The van der Waals surface area contributed by atoms with E-state index in [1.54, 1.807) is 17.7 Å². The van der Waals surface area contributed by atoms with E-state index >= 15 is 0 Å². The maximum atomic E-state index is 6.02. The van der Waals surface area contributed by atoms with E-state index in [0.717, 1.165) is 57.0 Å². The summed E-state index contributed by atoms with van der Waals surface area (Å²) < 4.78 is 1.09. The molecule has 3 aromatic rings. The summed E-state index contributed by atoms with van der Waals surface area (Å²) in [5.41, 5.74) is 9.10. The average molecular weight is 373 g/mol. The third-order valence-electron chi connectivity index (χ3n) is 4.17. The van der Waals surface area contributed by atoms with Gasteiger partial charge in [-0.1, -0.05) is 0 Å². The van der Waals surface area contributed by atoms with Crippen LogP contribution in [0.5, 0.6) is 0 Å². The molecule has 4 rings (SSSR count). The third-order valence-corrected chi connectivity index (χ3v) is 5.23. The number of hydrogen-bond donors (Lipinski definition) is 1. The van der Waals surface area contributed by atoms with Crippen molar-refractivity contribution in [3.05, 3.63) is 17.6 Å². The molecule has 0 aliphatic carbocycles. The molecule has 0 saturated carbocycles. The molecule has 2 N–H and O–H groups in total. The first-order valence-electron chi connectivity index (χ1n) is 7.02. The second kappa shape index (κ2) is 6.68. The van der Waals surface area contributed by atoms with Gasteiger partial charge < -0.3 is 10.6 Å². The number of rotatable bonds is 1. The molecule has 0 amide bonds. The minimum Gasteiger partial charge on any atom is -0.354 e. The number of nitrogens with two attached hydrogens (primary N) is 1. The molecule has 1 atom stereocenters. The molecule has 1 aliphatic heterocycles. The Kier molecular flexibility index (Phi) is 5.25. The van der Waals surface area contributed by atoms with Crippen molar-refractivity contribution in [2.45, 2.75) is 26.3 Å².